The molecule has 0 amide bonds. The van der Waals surface area contributed by atoms with E-state index in [0.29, 0.717) is 5.82 Å². The zero-order valence-electron chi connectivity index (χ0n) is 30.3. The minimum atomic E-state index is 0.685. The molecule has 0 bridgehead atoms. The number of para-hydroxylation sites is 2. The summed E-state index contributed by atoms with van der Waals surface area (Å²) in [4.78, 5) is 15.1. The fourth-order valence-electron chi connectivity index (χ4n) is 8.17. The van der Waals surface area contributed by atoms with E-state index in [9.17, 15) is 0 Å². The first-order valence-electron chi connectivity index (χ1n) is 18.9. The Kier molecular flexibility index (Phi) is 7.42. The third kappa shape index (κ3) is 5.29. The zero-order valence-corrected chi connectivity index (χ0v) is 30.3. The van der Waals surface area contributed by atoms with Gasteiger partial charge in [0.1, 0.15) is 0 Å². The SMILES string of the molecule is c1ccc(-c2cc(-c3ccccc3)nc(-c3cccc(-n4c5ccccc5c5ccc(-c6ccc7c8ncccc8n(-c8ccccc8)c7c6)cc54)c3)n2)cc1. The van der Waals surface area contributed by atoms with Crippen molar-refractivity contribution in [3.8, 4) is 56.4 Å². The molecule has 4 aromatic heterocycles. The highest BCUT2D eigenvalue weighted by Gasteiger charge is 2.18. The molecule has 11 aromatic rings. The van der Waals surface area contributed by atoms with Crippen molar-refractivity contribution < 1.29 is 0 Å². The number of nitrogens with zero attached hydrogens (tertiary/aromatic N) is 5. The van der Waals surface area contributed by atoms with Gasteiger partial charge in [0.2, 0.25) is 0 Å². The number of hydrogen-bond donors (Lipinski definition) is 0. The largest absolute Gasteiger partial charge is 0.309 e. The molecule has 56 heavy (non-hydrogen) atoms. The van der Waals surface area contributed by atoms with Gasteiger partial charge in [0.25, 0.3) is 0 Å². The lowest BCUT2D eigenvalue weighted by Crippen LogP contribution is -1.98. The van der Waals surface area contributed by atoms with Crippen LogP contribution in [0, 0.1) is 0 Å². The summed E-state index contributed by atoms with van der Waals surface area (Å²) in [6.07, 6.45) is 1.88. The van der Waals surface area contributed by atoms with Crippen LogP contribution < -0.4 is 0 Å². The Morgan fingerprint density at radius 3 is 1.57 bits per heavy atom. The van der Waals surface area contributed by atoms with E-state index in [-0.39, 0.29) is 0 Å². The summed E-state index contributed by atoms with van der Waals surface area (Å²) in [6.45, 7) is 0. The quantitative estimate of drug-likeness (QED) is 0.172. The molecule has 0 saturated heterocycles. The van der Waals surface area contributed by atoms with Gasteiger partial charge >= 0.3 is 0 Å². The molecule has 5 nitrogen and oxygen atoms in total. The van der Waals surface area contributed by atoms with E-state index >= 15 is 0 Å². The molecule has 0 saturated carbocycles. The molecule has 11 rings (SSSR count). The minimum absolute atomic E-state index is 0.685. The van der Waals surface area contributed by atoms with Gasteiger partial charge in [0, 0.05) is 50.4 Å². The maximum Gasteiger partial charge on any atom is 0.160 e. The average Bonchev–Trinajstić information content (AvgIpc) is 3.79. The molecular formula is C51H33N5. The van der Waals surface area contributed by atoms with Crippen molar-refractivity contribution in [1.29, 1.82) is 0 Å². The van der Waals surface area contributed by atoms with Gasteiger partial charge in [-0.1, -0.05) is 127 Å². The first-order chi connectivity index (χ1) is 27.8. The van der Waals surface area contributed by atoms with Crippen LogP contribution in [0.1, 0.15) is 0 Å². The molecule has 0 spiro atoms. The second-order valence-corrected chi connectivity index (χ2v) is 14.1. The summed E-state index contributed by atoms with van der Waals surface area (Å²) in [5.41, 5.74) is 14.8. The third-order valence-corrected chi connectivity index (χ3v) is 10.8. The summed E-state index contributed by atoms with van der Waals surface area (Å²) >= 11 is 0. The highest BCUT2D eigenvalue weighted by Crippen LogP contribution is 2.38. The summed E-state index contributed by atoms with van der Waals surface area (Å²) in [5.74, 6) is 0.685. The van der Waals surface area contributed by atoms with Gasteiger partial charge in [-0.2, -0.15) is 0 Å². The van der Waals surface area contributed by atoms with Crippen LogP contribution in [0.2, 0.25) is 0 Å². The molecule has 262 valence electrons. The molecule has 0 aliphatic heterocycles. The van der Waals surface area contributed by atoms with Crippen molar-refractivity contribution in [2.75, 3.05) is 0 Å². The molecule has 0 N–H and O–H groups in total. The lowest BCUT2D eigenvalue weighted by Gasteiger charge is -2.13. The van der Waals surface area contributed by atoms with Crippen molar-refractivity contribution in [2.24, 2.45) is 0 Å². The summed E-state index contributed by atoms with van der Waals surface area (Å²) in [6, 6.07) is 68.3. The van der Waals surface area contributed by atoms with Crippen LogP contribution in [0.3, 0.4) is 0 Å². The molecule has 0 aliphatic carbocycles. The third-order valence-electron chi connectivity index (χ3n) is 10.8. The van der Waals surface area contributed by atoms with Crippen molar-refractivity contribution in [2.45, 2.75) is 0 Å². The summed E-state index contributed by atoms with van der Waals surface area (Å²) < 4.78 is 4.69. The summed E-state index contributed by atoms with van der Waals surface area (Å²) in [7, 11) is 0. The molecule has 0 radical (unpaired) electrons. The Bertz CT molecular complexity index is 3180. The van der Waals surface area contributed by atoms with Crippen LogP contribution in [-0.2, 0) is 0 Å². The van der Waals surface area contributed by atoms with E-state index in [1.807, 2.05) is 24.4 Å². The van der Waals surface area contributed by atoms with E-state index in [1.165, 1.54) is 10.8 Å². The van der Waals surface area contributed by atoms with Crippen LogP contribution in [-0.4, -0.2) is 24.1 Å². The average molecular weight is 716 g/mol. The highest BCUT2D eigenvalue weighted by molar-refractivity contribution is 6.11. The van der Waals surface area contributed by atoms with E-state index in [1.54, 1.807) is 0 Å². The van der Waals surface area contributed by atoms with Crippen molar-refractivity contribution >= 4 is 43.7 Å². The van der Waals surface area contributed by atoms with Gasteiger partial charge in [-0.15, -0.1) is 0 Å². The normalized spacial score (nSPS) is 11.6. The Morgan fingerprint density at radius 2 is 0.857 bits per heavy atom. The van der Waals surface area contributed by atoms with Gasteiger partial charge < -0.3 is 9.13 Å². The second-order valence-electron chi connectivity index (χ2n) is 14.1. The lowest BCUT2D eigenvalue weighted by atomic mass is 10.0. The van der Waals surface area contributed by atoms with E-state index < -0.39 is 0 Å². The van der Waals surface area contributed by atoms with Gasteiger partial charge in [-0.3, -0.25) is 4.98 Å². The smallest absolute Gasteiger partial charge is 0.160 e. The highest BCUT2D eigenvalue weighted by atomic mass is 15.0. The van der Waals surface area contributed by atoms with Gasteiger partial charge in [-0.25, -0.2) is 9.97 Å². The van der Waals surface area contributed by atoms with Crippen molar-refractivity contribution in [3.05, 3.63) is 200 Å². The van der Waals surface area contributed by atoms with Crippen LogP contribution >= 0.6 is 0 Å². The second kappa shape index (κ2) is 13.0. The molecule has 0 fully saturated rings. The number of pyridine rings is 1. The van der Waals surface area contributed by atoms with Gasteiger partial charge in [0.05, 0.1) is 39.0 Å². The molecule has 0 atom stereocenters. The molecular weight excluding hydrogens is 683 g/mol. The Balaban J connectivity index is 1.08. The van der Waals surface area contributed by atoms with E-state index in [4.69, 9.17) is 15.0 Å². The van der Waals surface area contributed by atoms with Gasteiger partial charge in [-0.05, 0) is 77.9 Å². The Labute approximate surface area is 323 Å². The van der Waals surface area contributed by atoms with Crippen LogP contribution in [0.5, 0.6) is 0 Å². The van der Waals surface area contributed by atoms with Crippen LogP contribution in [0.4, 0.5) is 0 Å². The first kappa shape index (κ1) is 31.9. The number of aromatic nitrogens is 5. The molecule has 0 aliphatic rings. The van der Waals surface area contributed by atoms with Gasteiger partial charge in [0.15, 0.2) is 5.82 Å². The molecule has 5 heteroatoms. The van der Waals surface area contributed by atoms with E-state index in [2.05, 4.69) is 185 Å². The number of rotatable bonds is 6. The monoisotopic (exact) mass is 715 g/mol. The summed E-state index contributed by atoms with van der Waals surface area (Å²) in [5, 5.41) is 3.54. The maximum absolute atomic E-state index is 5.14. The Hall–Kier alpha value is -7.63. The van der Waals surface area contributed by atoms with Crippen molar-refractivity contribution in [1.82, 2.24) is 24.1 Å². The minimum Gasteiger partial charge on any atom is -0.309 e. The molecule has 0 unspecified atom stereocenters. The van der Waals surface area contributed by atoms with Crippen molar-refractivity contribution in [3.63, 3.8) is 0 Å². The standard InChI is InChI=1S/C51H33N5/c1-4-14-34(15-5-1)44-33-45(35-16-6-2-7-17-35)54-51(53-44)38-18-12-21-40(30-38)56-46-23-11-10-22-41(46)42-27-25-36(31-48(42)56)37-26-28-43-49(32-37)55(39-19-8-3-9-20-39)47-24-13-29-52-50(43)47/h1-33H. The first-order valence-corrected chi connectivity index (χ1v) is 18.9. The zero-order chi connectivity index (χ0) is 37.0. The topological polar surface area (TPSA) is 48.5 Å². The predicted molar refractivity (Wildman–Crippen MR) is 230 cm³/mol. The van der Waals surface area contributed by atoms with Crippen LogP contribution in [0.25, 0.3) is 100 Å². The van der Waals surface area contributed by atoms with Crippen LogP contribution in [0.15, 0.2) is 200 Å². The molecule has 7 aromatic carbocycles. The van der Waals surface area contributed by atoms with E-state index in [0.717, 1.165) is 83.5 Å². The molecule has 4 heterocycles. The fraction of sp³-hybridized carbons (Fsp3) is 0. The predicted octanol–water partition coefficient (Wildman–Crippen LogP) is 12.7. The number of hydrogen-bond acceptors (Lipinski definition) is 3. The fourth-order valence-corrected chi connectivity index (χ4v) is 8.17. The Morgan fingerprint density at radius 1 is 0.321 bits per heavy atom. The number of fused-ring (bicyclic) bond motifs is 6. The number of benzene rings is 7. The lowest BCUT2D eigenvalue weighted by molar-refractivity contribution is 1.16. The maximum atomic E-state index is 5.14.